The van der Waals surface area contributed by atoms with Gasteiger partial charge in [-0.25, -0.2) is 0 Å². The van der Waals surface area contributed by atoms with Crippen LogP contribution in [0.15, 0.2) is 17.5 Å². The summed E-state index contributed by atoms with van der Waals surface area (Å²) in [5, 5.41) is 11.9. The van der Waals surface area contributed by atoms with Crippen molar-refractivity contribution < 1.29 is 5.11 Å². The van der Waals surface area contributed by atoms with E-state index in [-0.39, 0.29) is 6.10 Å². The number of nitrogens with zero attached hydrogens (tertiary/aromatic N) is 2. The molecule has 0 radical (unpaired) electrons. The van der Waals surface area contributed by atoms with E-state index < -0.39 is 0 Å². The first-order valence-corrected chi connectivity index (χ1v) is 7.29. The Morgan fingerprint density at radius 3 is 3.06 bits per heavy atom. The van der Waals surface area contributed by atoms with Gasteiger partial charge in [0.15, 0.2) is 0 Å². The van der Waals surface area contributed by atoms with Gasteiger partial charge in [-0.15, -0.1) is 11.3 Å². The lowest BCUT2D eigenvalue weighted by Gasteiger charge is -2.42. The van der Waals surface area contributed by atoms with E-state index in [9.17, 15) is 5.11 Å². The Bertz CT molecular complexity index is 368. The molecule has 3 heterocycles. The molecule has 0 saturated carbocycles. The molecule has 1 N–H and O–H groups in total. The molecule has 0 aliphatic carbocycles. The Kier molecular flexibility index (Phi) is 3.21. The zero-order valence-electron chi connectivity index (χ0n) is 10.2. The van der Waals surface area contributed by atoms with Gasteiger partial charge in [0.2, 0.25) is 0 Å². The Hall–Kier alpha value is -0.420. The fraction of sp³-hybridized carbons (Fsp3) is 0.692. The second-order valence-corrected chi connectivity index (χ2v) is 6.39. The summed E-state index contributed by atoms with van der Waals surface area (Å²) in [6.45, 7) is 6.46. The minimum Gasteiger partial charge on any atom is -0.392 e. The van der Waals surface area contributed by atoms with Crippen molar-refractivity contribution in [3.63, 3.8) is 0 Å². The van der Waals surface area contributed by atoms with E-state index in [0.29, 0.717) is 12.1 Å². The highest BCUT2D eigenvalue weighted by Crippen LogP contribution is 2.26. The minimum atomic E-state index is -0.103. The number of hydrogen-bond acceptors (Lipinski definition) is 4. The lowest BCUT2D eigenvalue weighted by molar-refractivity contribution is 0.0535. The second-order valence-electron chi connectivity index (χ2n) is 5.36. The standard InChI is InChI=1S/C13H20N2OS/c1-10-6-15-8-12(16)5-11(15)7-14(10)9-13-3-2-4-17-13/h2-4,10-12,16H,5-9H2,1H3/t10-,11?,12-/m1/s1. The summed E-state index contributed by atoms with van der Waals surface area (Å²) in [6.07, 6.45) is 0.849. The maximum atomic E-state index is 9.73. The topological polar surface area (TPSA) is 26.7 Å². The van der Waals surface area contributed by atoms with Gasteiger partial charge in [0.05, 0.1) is 6.10 Å². The Labute approximate surface area is 107 Å². The van der Waals surface area contributed by atoms with E-state index in [4.69, 9.17) is 0 Å². The van der Waals surface area contributed by atoms with Gasteiger partial charge in [-0.3, -0.25) is 9.80 Å². The average molecular weight is 252 g/mol. The van der Waals surface area contributed by atoms with Crippen molar-refractivity contribution in [3.05, 3.63) is 22.4 Å². The molecule has 1 aromatic heterocycles. The molecule has 1 aromatic rings. The van der Waals surface area contributed by atoms with Crippen molar-refractivity contribution in [2.75, 3.05) is 19.6 Å². The molecule has 3 rings (SSSR count). The van der Waals surface area contributed by atoms with Crippen LogP contribution in [0, 0.1) is 0 Å². The highest BCUT2D eigenvalue weighted by atomic mass is 32.1. The fourth-order valence-electron chi connectivity index (χ4n) is 3.10. The predicted octanol–water partition coefficient (Wildman–Crippen LogP) is 1.39. The fourth-order valence-corrected chi connectivity index (χ4v) is 3.83. The number of rotatable bonds is 2. The summed E-state index contributed by atoms with van der Waals surface area (Å²) in [4.78, 5) is 6.47. The van der Waals surface area contributed by atoms with Crippen LogP contribution in [0.1, 0.15) is 18.2 Å². The highest BCUT2D eigenvalue weighted by molar-refractivity contribution is 7.09. The predicted molar refractivity (Wildman–Crippen MR) is 70.2 cm³/mol. The third-order valence-corrected chi connectivity index (χ3v) is 4.87. The molecule has 1 unspecified atom stereocenters. The summed E-state index contributed by atoms with van der Waals surface area (Å²) < 4.78 is 0. The van der Waals surface area contributed by atoms with Crippen LogP contribution in [-0.4, -0.2) is 52.7 Å². The Morgan fingerprint density at radius 1 is 1.41 bits per heavy atom. The molecule has 0 aromatic carbocycles. The van der Waals surface area contributed by atoms with E-state index in [1.165, 1.54) is 4.88 Å². The summed E-state index contributed by atoms with van der Waals surface area (Å²) in [6, 6.07) is 5.51. The van der Waals surface area contributed by atoms with Crippen molar-refractivity contribution in [3.8, 4) is 0 Å². The highest BCUT2D eigenvalue weighted by Gasteiger charge is 2.37. The number of aliphatic hydroxyl groups excluding tert-OH is 1. The maximum absolute atomic E-state index is 9.73. The maximum Gasteiger partial charge on any atom is 0.0682 e. The van der Waals surface area contributed by atoms with Crippen LogP contribution < -0.4 is 0 Å². The number of thiophene rings is 1. The van der Waals surface area contributed by atoms with Gasteiger partial charge in [0.25, 0.3) is 0 Å². The van der Waals surface area contributed by atoms with Crippen molar-refractivity contribution in [1.82, 2.24) is 9.80 Å². The van der Waals surface area contributed by atoms with Crippen molar-refractivity contribution in [2.45, 2.75) is 38.1 Å². The van der Waals surface area contributed by atoms with Gasteiger partial charge < -0.3 is 5.11 Å². The lowest BCUT2D eigenvalue weighted by atomic mass is 10.1. The van der Waals surface area contributed by atoms with Crippen molar-refractivity contribution in [1.29, 1.82) is 0 Å². The molecule has 0 bridgehead atoms. The summed E-state index contributed by atoms with van der Waals surface area (Å²) in [5.41, 5.74) is 0. The van der Waals surface area contributed by atoms with E-state index >= 15 is 0 Å². The molecule has 2 fully saturated rings. The Balaban J connectivity index is 1.66. The zero-order chi connectivity index (χ0) is 11.8. The van der Waals surface area contributed by atoms with Crippen LogP contribution in [-0.2, 0) is 6.54 Å². The third-order valence-electron chi connectivity index (χ3n) is 4.01. The average Bonchev–Trinajstić information content (AvgIpc) is 2.87. The third kappa shape index (κ3) is 2.40. The first kappa shape index (κ1) is 11.7. The lowest BCUT2D eigenvalue weighted by Crippen LogP contribution is -2.54. The molecule has 17 heavy (non-hydrogen) atoms. The molecule has 3 atom stereocenters. The largest absolute Gasteiger partial charge is 0.392 e. The molecular formula is C13H20N2OS. The van der Waals surface area contributed by atoms with Crippen molar-refractivity contribution >= 4 is 11.3 Å². The van der Waals surface area contributed by atoms with Gasteiger partial charge in [-0.05, 0) is 24.8 Å². The van der Waals surface area contributed by atoms with Crippen LogP contribution >= 0.6 is 11.3 Å². The van der Waals surface area contributed by atoms with Gasteiger partial charge >= 0.3 is 0 Å². The molecular weight excluding hydrogens is 232 g/mol. The quantitative estimate of drug-likeness (QED) is 0.861. The van der Waals surface area contributed by atoms with E-state index in [0.717, 1.165) is 32.6 Å². The van der Waals surface area contributed by atoms with Crippen LogP contribution in [0.5, 0.6) is 0 Å². The van der Waals surface area contributed by atoms with Gasteiger partial charge in [0, 0.05) is 43.1 Å². The van der Waals surface area contributed by atoms with Crippen LogP contribution in [0.2, 0.25) is 0 Å². The SMILES string of the molecule is C[C@@H]1CN2C[C@H](O)CC2CN1Cc1cccs1. The number of hydrogen-bond donors (Lipinski definition) is 1. The summed E-state index contributed by atoms with van der Waals surface area (Å²) in [5.74, 6) is 0. The van der Waals surface area contributed by atoms with E-state index in [1.54, 1.807) is 0 Å². The summed E-state index contributed by atoms with van der Waals surface area (Å²) in [7, 11) is 0. The molecule has 2 aliphatic rings. The first-order chi connectivity index (χ1) is 8.22. The van der Waals surface area contributed by atoms with Crippen molar-refractivity contribution in [2.24, 2.45) is 0 Å². The van der Waals surface area contributed by atoms with Gasteiger partial charge in [-0.1, -0.05) is 6.07 Å². The Morgan fingerprint density at radius 2 is 2.29 bits per heavy atom. The summed E-state index contributed by atoms with van der Waals surface area (Å²) >= 11 is 1.84. The minimum absolute atomic E-state index is 0.103. The second kappa shape index (κ2) is 4.69. The van der Waals surface area contributed by atoms with Crippen LogP contribution in [0.25, 0.3) is 0 Å². The number of piperazine rings is 1. The zero-order valence-corrected chi connectivity index (χ0v) is 11.1. The molecule has 2 aliphatic heterocycles. The van der Waals surface area contributed by atoms with Gasteiger partial charge in [0.1, 0.15) is 0 Å². The number of fused-ring (bicyclic) bond motifs is 1. The van der Waals surface area contributed by atoms with E-state index in [1.807, 2.05) is 11.3 Å². The number of aliphatic hydroxyl groups is 1. The normalized spacial score (nSPS) is 35.1. The smallest absolute Gasteiger partial charge is 0.0682 e. The molecule has 2 saturated heterocycles. The molecule has 0 spiro atoms. The molecule has 94 valence electrons. The van der Waals surface area contributed by atoms with Crippen LogP contribution in [0.4, 0.5) is 0 Å². The van der Waals surface area contributed by atoms with E-state index in [2.05, 4.69) is 34.2 Å². The molecule has 4 heteroatoms. The van der Waals surface area contributed by atoms with Gasteiger partial charge in [-0.2, -0.15) is 0 Å². The molecule has 3 nitrogen and oxygen atoms in total. The monoisotopic (exact) mass is 252 g/mol. The van der Waals surface area contributed by atoms with Crippen LogP contribution in [0.3, 0.4) is 0 Å². The first-order valence-electron chi connectivity index (χ1n) is 6.41. The molecule has 0 amide bonds.